The molecule has 0 saturated heterocycles. The van der Waals surface area contributed by atoms with Crippen LogP contribution in [0.15, 0.2) is 103 Å². The normalized spacial score (nSPS) is 10.5. The molecule has 0 radical (unpaired) electrons. The maximum absolute atomic E-state index is 13.2. The third-order valence-corrected chi connectivity index (χ3v) is 4.65. The van der Waals surface area contributed by atoms with Crippen LogP contribution in [0.5, 0.6) is 0 Å². The van der Waals surface area contributed by atoms with Gasteiger partial charge in [0.05, 0.1) is 5.56 Å². The highest BCUT2D eigenvalue weighted by atomic mass is 16.2. The molecular formula is C25H21N3O. The zero-order valence-corrected chi connectivity index (χ0v) is 16.0. The fourth-order valence-corrected chi connectivity index (χ4v) is 3.16. The Balaban J connectivity index is 1.58. The van der Waals surface area contributed by atoms with Crippen molar-refractivity contribution in [1.82, 2.24) is 14.9 Å². The van der Waals surface area contributed by atoms with Gasteiger partial charge < -0.3 is 4.90 Å². The van der Waals surface area contributed by atoms with Gasteiger partial charge in [-0.15, -0.1) is 0 Å². The van der Waals surface area contributed by atoms with E-state index < -0.39 is 0 Å². The first-order chi connectivity index (χ1) is 14.3. The van der Waals surface area contributed by atoms with E-state index in [1.54, 1.807) is 12.4 Å². The lowest BCUT2D eigenvalue weighted by Crippen LogP contribution is -2.30. The molecule has 4 heteroatoms. The molecule has 4 aromatic rings. The number of rotatable bonds is 6. The summed E-state index contributed by atoms with van der Waals surface area (Å²) in [7, 11) is 0. The van der Waals surface area contributed by atoms with Crippen LogP contribution in [0, 0.1) is 0 Å². The van der Waals surface area contributed by atoms with Crippen molar-refractivity contribution in [3.63, 3.8) is 0 Å². The molecule has 1 amide bonds. The van der Waals surface area contributed by atoms with Gasteiger partial charge in [0.25, 0.3) is 5.91 Å². The minimum atomic E-state index is -0.0858. The summed E-state index contributed by atoms with van der Waals surface area (Å²) in [5, 5.41) is 0. The van der Waals surface area contributed by atoms with Crippen molar-refractivity contribution >= 4 is 5.91 Å². The highest BCUT2D eigenvalue weighted by Crippen LogP contribution is 2.16. The van der Waals surface area contributed by atoms with Crippen molar-refractivity contribution in [2.45, 2.75) is 13.1 Å². The molecule has 29 heavy (non-hydrogen) atoms. The van der Waals surface area contributed by atoms with Crippen molar-refractivity contribution < 1.29 is 4.79 Å². The lowest BCUT2D eigenvalue weighted by Gasteiger charge is -2.23. The Morgan fingerprint density at radius 1 is 0.655 bits per heavy atom. The molecule has 142 valence electrons. The Morgan fingerprint density at radius 3 is 1.59 bits per heavy atom. The Kier molecular flexibility index (Phi) is 5.72. The Bertz CT molecular complexity index is 1010. The molecule has 1 aromatic heterocycles. The molecule has 0 atom stereocenters. The second-order valence-electron chi connectivity index (χ2n) is 6.79. The standard InChI is InChI=1S/C25H21N3O/c29-25(23-16-26-24(27-17-23)22-14-8-3-9-15-22)28(18-20-10-4-1-5-11-20)19-21-12-6-2-7-13-21/h1-17H,18-19H2. The maximum Gasteiger partial charge on any atom is 0.257 e. The van der Waals surface area contributed by atoms with Crippen LogP contribution in [0.1, 0.15) is 21.5 Å². The van der Waals surface area contributed by atoms with E-state index in [0.29, 0.717) is 24.5 Å². The number of hydrogen-bond donors (Lipinski definition) is 0. The maximum atomic E-state index is 13.2. The molecule has 0 bridgehead atoms. The van der Waals surface area contributed by atoms with Gasteiger partial charge in [0, 0.05) is 31.0 Å². The van der Waals surface area contributed by atoms with E-state index in [4.69, 9.17) is 0 Å². The molecule has 4 nitrogen and oxygen atoms in total. The lowest BCUT2D eigenvalue weighted by molar-refractivity contribution is 0.0729. The fraction of sp³-hybridized carbons (Fsp3) is 0.0800. The molecule has 0 aliphatic heterocycles. The summed E-state index contributed by atoms with van der Waals surface area (Å²) >= 11 is 0. The first-order valence-corrected chi connectivity index (χ1v) is 9.54. The molecule has 4 rings (SSSR count). The summed E-state index contributed by atoms with van der Waals surface area (Å²) in [5.41, 5.74) is 3.57. The Hall–Kier alpha value is -3.79. The zero-order chi connectivity index (χ0) is 19.9. The summed E-state index contributed by atoms with van der Waals surface area (Å²) < 4.78 is 0. The van der Waals surface area contributed by atoms with Gasteiger partial charge in [-0.1, -0.05) is 91.0 Å². The van der Waals surface area contributed by atoms with Crippen LogP contribution < -0.4 is 0 Å². The van der Waals surface area contributed by atoms with E-state index in [0.717, 1.165) is 16.7 Å². The van der Waals surface area contributed by atoms with Crippen LogP contribution in [0.2, 0.25) is 0 Å². The van der Waals surface area contributed by atoms with Crippen molar-refractivity contribution in [1.29, 1.82) is 0 Å². The van der Waals surface area contributed by atoms with Gasteiger partial charge in [-0.3, -0.25) is 4.79 Å². The quantitative estimate of drug-likeness (QED) is 0.474. The van der Waals surface area contributed by atoms with Gasteiger partial charge in [0.15, 0.2) is 5.82 Å². The number of carbonyl (C=O) groups is 1. The van der Waals surface area contributed by atoms with E-state index in [9.17, 15) is 4.79 Å². The van der Waals surface area contributed by atoms with Crippen LogP contribution >= 0.6 is 0 Å². The van der Waals surface area contributed by atoms with Gasteiger partial charge >= 0.3 is 0 Å². The summed E-state index contributed by atoms with van der Waals surface area (Å²) in [6, 6.07) is 29.7. The minimum Gasteiger partial charge on any atom is -0.330 e. The summed E-state index contributed by atoms with van der Waals surface area (Å²) in [4.78, 5) is 23.9. The molecule has 3 aromatic carbocycles. The molecule has 0 spiro atoms. The molecule has 0 aliphatic rings. The molecule has 0 fully saturated rings. The van der Waals surface area contributed by atoms with Crippen molar-refractivity contribution in [2.75, 3.05) is 0 Å². The van der Waals surface area contributed by atoms with E-state index in [1.165, 1.54) is 0 Å². The predicted octanol–water partition coefficient (Wildman–Crippen LogP) is 4.99. The van der Waals surface area contributed by atoms with Crippen LogP contribution in [0.4, 0.5) is 0 Å². The van der Waals surface area contributed by atoms with Crippen molar-refractivity contribution in [3.8, 4) is 11.4 Å². The van der Waals surface area contributed by atoms with Crippen LogP contribution in [0.3, 0.4) is 0 Å². The topological polar surface area (TPSA) is 46.1 Å². The zero-order valence-electron chi connectivity index (χ0n) is 16.0. The predicted molar refractivity (Wildman–Crippen MR) is 114 cm³/mol. The van der Waals surface area contributed by atoms with E-state index in [1.807, 2.05) is 95.9 Å². The second-order valence-corrected chi connectivity index (χ2v) is 6.79. The van der Waals surface area contributed by atoms with Crippen molar-refractivity contribution in [3.05, 3.63) is 120 Å². The summed E-state index contributed by atoms with van der Waals surface area (Å²) in [5.74, 6) is 0.525. The average molecular weight is 379 g/mol. The monoisotopic (exact) mass is 379 g/mol. The number of aromatic nitrogens is 2. The number of hydrogen-bond acceptors (Lipinski definition) is 3. The van der Waals surface area contributed by atoms with Crippen LogP contribution in [0.25, 0.3) is 11.4 Å². The van der Waals surface area contributed by atoms with Crippen LogP contribution in [-0.2, 0) is 13.1 Å². The third-order valence-electron chi connectivity index (χ3n) is 4.65. The van der Waals surface area contributed by atoms with Gasteiger partial charge in [0.1, 0.15) is 0 Å². The molecular weight excluding hydrogens is 358 g/mol. The molecule has 1 heterocycles. The molecule has 0 unspecified atom stereocenters. The molecule has 0 N–H and O–H groups in total. The largest absolute Gasteiger partial charge is 0.330 e. The third kappa shape index (κ3) is 4.74. The Labute approximate surface area is 170 Å². The highest BCUT2D eigenvalue weighted by Gasteiger charge is 2.18. The van der Waals surface area contributed by atoms with E-state index in [-0.39, 0.29) is 5.91 Å². The minimum absolute atomic E-state index is 0.0858. The fourth-order valence-electron chi connectivity index (χ4n) is 3.16. The van der Waals surface area contributed by atoms with Crippen molar-refractivity contribution in [2.24, 2.45) is 0 Å². The SMILES string of the molecule is O=C(c1cnc(-c2ccccc2)nc1)N(Cc1ccccc1)Cc1ccccc1. The number of carbonyl (C=O) groups excluding carboxylic acids is 1. The van der Waals surface area contributed by atoms with E-state index >= 15 is 0 Å². The van der Waals surface area contributed by atoms with Gasteiger partial charge in [-0.2, -0.15) is 0 Å². The van der Waals surface area contributed by atoms with Gasteiger partial charge in [-0.25, -0.2) is 9.97 Å². The smallest absolute Gasteiger partial charge is 0.257 e. The average Bonchev–Trinajstić information content (AvgIpc) is 2.80. The summed E-state index contributed by atoms with van der Waals surface area (Å²) in [6.07, 6.45) is 3.22. The number of benzene rings is 3. The lowest BCUT2D eigenvalue weighted by atomic mass is 10.1. The van der Waals surface area contributed by atoms with Gasteiger partial charge in [0.2, 0.25) is 0 Å². The summed E-state index contributed by atoms with van der Waals surface area (Å²) in [6.45, 7) is 1.05. The molecule has 0 saturated carbocycles. The number of nitrogens with zero attached hydrogens (tertiary/aromatic N) is 3. The van der Waals surface area contributed by atoms with Crippen LogP contribution in [-0.4, -0.2) is 20.8 Å². The number of amides is 1. The first kappa shape index (κ1) is 18.6. The van der Waals surface area contributed by atoms with E-state index in [2.05, 4.69) is 9.97 Å². The molecule has 0 aliphatic carbocycles. The highest BCUT2D eigenvalue weighted by molar-refractivity contribution is 5.93. The van der Waals surface area contributed by atoms with Gasteiger partial charge in [-0.05, 0) is 11.1 Å². The Morgan fingerprint density at radius 2 is 1.10 bits per heavy atom. The first-order valence-electron chi connectivity index (χ1n) is 9.54. The second kappa shape index (κ2) is 8.93.